The minimum atomic E-state index is 0.855. The van der Waals surface area contributed by atoms with E-state index in [1.54, 1.807) is 11.3 Å². The predicted molar refractivity (Wildman–Crippen MR) is 90.7 cm³/mol. The molecule has 3 nitrogen and oxygen atoms in total. The first-order chi connectivity index (χ1) is 10.2. The molecule has 1 heterocycles. The van der Waals surface area contributed by atoms with Crippen LogP contribution in [-0.2, 0) is 0 Å². The number of rotatable bonds is 4. The van der Waals surface area contributed by atoms with E-state index in [9.17, 15) is 0 Å². The summed E-state index contributed by atoms with van der Waals surface area (Å²) in [5.41, 5.74) is 12.0. The van der Waals surface area contributed by atoms with Crippen LogP contribution >= 0.6 is 11.3 Å². The van der Waals surface area contributed by atoms with Crippen molar-refractivity contribution in [3.05, 3.63) is 65.0 Å². The molecule has 0 amide bonds. The van der Waals surface area contributed by atoms with Gasteiger partial charge in [0.25, 0.3) is 0 Å². The molecule has 0 aliphatic carbocycles. The van der Waals surface area contributed by atoms with E-state index >= 15 is 0 Å². The average molecular weight is 295 g/mol. The largest absolute Gasteiger partial charge is 0.299 e. The number of aromatic nitrogens is 1. The molecule has 2 aromatic carbocycles. The normalized spacial score (nSPS) is 10.4. The maximum Gasteiger partial charge on any atom is 0.202 e. The maximum atomic E-state index is 4.63. The lowest BCUT2D eigenvalue weighted by molar-refractivity contribution is 1.31. The van der Waals surface area contributed by atoms with E-state index in [-0.39, 0.29) is 0 Å². The standard InChI is InChI=1S/C17H17N3S/c1-12-8-9-15(13(2)10-12)16-11-21-17(18-16)20-19-14-6-4-3-5-7-14/h3-11,19H,1-2H3,(H,18,20). The highest BCUT2D eigenvalue weighted by molar-refractivity contribution is 7.14. The summed E-state index contributed by atoms with van der Waals surface area (Å²) in [4.78, 5) is 4.63. The topological polar surface area (TPSA) is 37.0 Å². The smallest absolute Gasteiger partial charge is 0.202 e. The number of hydrogen-bond acceptors (Lipinski definition) is 4. The Kier molecular flexibility index (Phi) is 3.88. The summed E-state index contributed by atoms with van der Waals surface area (Å²) >= 11 is 1.59. The lowest BCUT2D eigenvalue weighted by Crippen LogP contribution is -2.07. The molecule has 1 aromatic heterocycles. The summed E-state index contributed by atoms with van der Waals surface area (Å²) in [5.74, 6) is 0. The molecule has 21 heavy (non-hydrogen) atoms. The zero-order valence-electron chi connectivity index (χ0n) is 12.1. The number of anilines is 2. The fourth-order valence-corrected chi connectivity index (χ4v) is 2.87. The van der Waals surface area contributed by atoms with Gasteiger partial charge in [-0.1, -0.05) is 42.0 Å². The molecule has 0 fully saturated rings. The summed E-state index contributed by atoms with van der Waals surface area (Å²) in [6.07, 6.45) is 0. The average Bonchev–Trinajstić information content (AvgIpc) is 2.95. The summed E-state index contributed by atoms with van der Waals surface area (Å²) in [6.45, 7) is 4.23. The van der Waals surface area contributed by atoms with E-state index < -0.39 is 0 Å². The molecule has 3 aromatic rings. The van der Waals surface area contributed by atoms with Crippen LogP contribution in [-0.4, -0.2) is 4.98 Å². The predicted octanol–water partition coefficient (Wildman–Crippen LogP) is 4.87. The van der Waals surface area contributed by atoms with Crippen molar-refractivity contribution in [1.82, 2.24) is 4.98 Å². The molecule has 0 bridgehead atoms. The van der Waals surface area contributed by atoms with Crippen molar-refractivity contribution in [2.45, 2.75) is 13.8 Å². The van der Waals surface area contributed by atoms with Gasteiger partial charge in [0, 0.05) is 10.9 Å². The van der Waals surface area contributed by atoms with Crippen LogP contribution in [0.2, 0.25) is 0 Å². The minimum Gasteiger partial charge on any atom is -0.299 e. The molecule has 106 valence electrons. The van der Waals surface area contributed by atoms with Gasteiger partial charge in [-0.2, -0.15) is 0 Å². The minimum absolute atomic E-state index is 0.855. The van der Waals surface area contributed by atoms with Crippen molar-refractivity contribution in [2.75, 3.05) is 10.9 Å². The molecule has 0 aliphatic heterocycles. The third-order valence-electron chi connectivity index (χ3n) is 3.25. The fraction of sp³-hybridized carbons (Fsp3) is 0.118. The van der Waals surface area contributed by atoms with Crippen LogP contribution in [0.4, 0.5) is 10.8 Å². The Bertz CT molecular complexity index is 735. The third-order valence-corrected chi connectivity index (χ3v) is 4.01. The Morgan fingerprint density at radius 2 is 1.76 bits per heavy atom. The zero-order chi connectivity index (χ0) is 14.7. The van der Waals surface area contributed by atoms with Gasteiger partial charge in [0.1, 0.15) is 0 Å². The Morgan fingerprint density at radius 3 is 2.52 bits per heavy atom. The highest BCUT2D eigenvalue weighted by Crippen LogP contribution is 2.27. The Balaban J connectivity index is 1.74. The molecule has 2 N–H and O–H groups in total. The van der Waals surface area contributed by atoms with Crippen LogP contribution in [0.25, 0.3) is 11.3 Å². The molecular weight excluding hydrogens is 278 g/mol. The van der Waals surface area contributed by atoms with Crippen LogP contribution in [0.3, 0.4) is 0 Å². The van der Waals surface area contributed by atoms with E-state index in [0.29, 0.717) is 0 Å². The van der Waals surface area contributed by atoms with Gasteiger partial charge in [0.05, 0.1) is 11.4 Å². The van der Waals surface area contributed by atoms with Gasteiger partial charge in [-0.3, -0.25) is 10.9 Å². The Hall–Kier alpha value is -2.33. The molecule has 0 unspecified atom stereocenters. The van der Waals surface area contributed by atoms with Crippen molar-refractivity contribution in [3.8, 4) is 11.3 Å². The first kappa shape index (κ1) is 13.6. The molecule has 0 saturated heterocycles. The maximum absolute atomic E-state index is 4.63. The van der Waals surface area contributed by atoms with E-state index in [1.807, 2.05) is 30.3 Å². The molecule has 0 radical (unpaired) electrons. The number of nitrogens with zero attached hydrogens (tertiary/aromatic N) is 1. The molecule has 0 spiro atoms. The van der Waals surface area contributed by atoms with Gasteiger partial charge in [0.15, 0.2) is 0 Å². The molecule has 4 heteroatoms. The zero-order valence-corrected chi connectivity index (χ0v) is 12.9. The van der Waals surface area contributed by atoms with Crippen molar-refractivity contribution in [3.63, 3.8) is 0 Å². The number of benzene rings is 2. The van der Waals surface area contributed by atoms with Crippen LogP contribution in [0.1, 0.15) is 11.1 Å². The number of hydrogen-bond donors (Lipinski definition) is 2. The first-order valence-electron chi connectivity index (χ1n) is 6.82. The lowest BCUT2D eigenvalue weighted by Gasteiger charge is -2.06. The van der Waals surface area contributed by atoms with E-state index in [4.69, 9.17) is 0 Å². The second-order valence-corrected chi connectivity index (χ2v) is 5.83. The Morgan fingerprint density at radius 1 is 0.952 bits per heavy atom. The van der Waals surface area contributed by atoms with Crippen molar-refractivity contribution < 1.29 is 0 Å². The van der Waals surface area contributed by atoms with Crippen molar-refractivity contribution in [2.24, 2.45) is 0 Å². The lowest BCUT2D eigenvalue weighted by atomic mass is 10.0. The van der Waals surface area contributed by atoms with Crippen LogP contribution in [0.15, 0.2) is 53.9 Å². The third kappa shape index (κ3) is 3.23. The second kappa shape index (κ2) is 5.97. The molecule has 0 atom stereocenters. The van der Waals surface area contributed by atoms with Gasteiger partial charge in [-0.05, 0) is 31.5 Å². The second-order valence-electron chi connectivity index (χ2n) is 4.97. The van der Waals surface area contributed by atoms with Gasteiger partial charge < -0.3 is 0 Å². The van der Waals surface area contributed by atoms with E-state index in [1.165, 1.54) is 16.7 Å². The SMILES string of the molecule is Cc1ccc(-c2csc(NNc3ccccc3)n2)c(C)c1. The van der Waals surface area contributed by atoms with Gasteiger partial charge in [-0.25, -0.2) is 4.98 Å². The number of para-hydroxylation sites is 1. The van der Waals surface area contributed by atoms with E-state index in [0.717, 1.165) is 16.5 Å². The number of thiazole rings is 1. The summed E-state index contributed by atoms with van der Waals surface area (Å²) < 4.78 is 0. The van der Waals surface area contributed by atoms with Crippen LogP contribution < -0.4 is 10.9 Å². The van der Waals surface area contributed by atoms with E-state index in [2.05, 4.69) is 53.3 Å². The first-order valence-corrected chi connectivity index (χ1v) is 7.70. The monoisotopic (exact) mass is 295 g/mol. The summed E-state index contributed by atoms with van der Waals surface area (Å²) in [6, 6.07) is 16.4. The van der Waals surface area contributed by atoms with Gasteiger partial charge >= 0.3 is 0 Å². The molecule has 0 saturated carbocycles. The highest BCUT2D eigenvalue weighted by Gasteiger charge is 2.07. The molecule has 0 aliphatic rings. The highest BCUT2D eigenvalue weighted by atomic mass is 32.1. The van der Waals surface area contributed by atoms with Crippen LogP contribution in [0.5, 0.6) is 0 Å². The fourth-order valence-electron chi connectivity index (χ4n) is 2.20. The number of aryl methyl sites for hydroxylation is 2. The number of hydrazine groups is 1. The van der Waals surface area contributed by atoms with Crippen molar-refractivity contribution >= 4 is 22.2 Å². The summed E-state index contributed by atoms with van der Waals surface area (Å²) in [7, 11) is 0. The Labute approximate surface area is 128 Å². The molecular formula is C17H17N3S. The van der Waals surface area contributed by atoms with Crippen LogP contribution in [0, 0.1) is 13.8 Å². The quantitative estimate of drug-likeness (QED) is 0.674. The van der Waals surface area contributed by atoms with Crippen molar-refractivity contribution in [1.29, 1.82) is 0 Å². The van der Waals surface area contributed by atoms with Gasteiger partial charge in [0.2, 0.25) is 5.13 Å². The van der Waals surface area contributed by atoms with Gasteiger partial charge in [-0.15, -0.1) is 11.3 Å². The summed E-state index contributed by atoms with van der Waals surface area (Å²) in [5, 5.41) is 2.93. The number of nitrogens with one attached hydrogen (secondary N) is 2. The molecule has 3 rings (SSSR count).